The Morgan fingerprint density at radius 3 is 1.79 bits per heavy atom. The highest BCUT2D eigenvalue weighted by atomic mass is 16.6. The molecule has 0 heterocycles. The van der Waals surface area contributed by atoms with Gasteiger partial charge in [0, 0.05) is 18.2 Å². The van der Waals surface area contributed by atoms with Crippen molar-refractivity contribution in [3.05, 3.63) is 38.0 Å². The van der Waals surface area contributed by atoms with E-state index in [9.17, 15) is 14.4 Å². The van der Waals surface area contributed by atoms with E-state index in [1.54, 1.807) is 13.8 Å². The van der Waals surface area contributed by atoms with Crippen molar-refractivity contribution in [2.75, 3.05) is 39.6 Å². The molecule has 0 aliphatic carbocycles. The Bertz CT molecular complexity index is 544. The second kappa shape index (κ2) is 16.5. The predicted octanol–water partition coefficient (Wildman–Crippen LogP) is 1.37. The first-order chi connectivity index (χ1) is 13.8. The van der Waals surface area contributed by atoms with Gasteiger partial charge >= 0.3 is 17.9 Å². The van der Waals surface area contributed by atoms with Gasteiger partial charge in [0.25, 0.3) is 0 Å². The van der Waals surface area contributed by atoms with Gasteiger partial charge in [-0.05, 0) is 13.8 Å². The lowest BCUT2D eigenvalue weighted by Gasteiger charge is -2.21. The summed E-state index contributed by atoms with van der Waals surface area (Å²) in [5.74, 6) is -1.62. The normalized spacial score (nSPS) is 13.4. The maximum absolute atomic E-state index is 11.2. The molecule has 9 heteroatoms. The third kappa shape index (κ3) is 15.1. The molecule has 0 rings (SSSR count). The van der Waals surface area contributed by atoms with E-state index in [-0.39, 0.29) is 39.6 Å². The van der Waals surface area contributed by atoms with Gasteiger partial charge in [-0.2, -0.15) is 0 Å². The molecule has 9 nitrogen and oxygen atoms in total. The van der Waals surface area contributed by atoms with Gasteiger partial charge in [0.1, 0.15) is 24.9 Å². The van der Waals surface area contributed by atoms with Gasteiger partial charge in [-0.15, -0.1) is 0 Å². The third-order valence-corrected chi connectivity index (χ3v) is 3.13. The Kier molecular flexibility index (Phi) is 15.0. The van der Waals surface area contributed by atoms with E-state index >= 15 is 0 Å². The minimum Gasteiger partial charge on any atom is -0.460 e. The van der Waals surface area contributed by atoms with E-state index < -0.39 is 36.2 Å². The van der Waals surface area contributed by atoms with Crippen LogP contribution < -0.4 is 0 Å². The molecule has 0 radical (unpaired) electrons. The molecule has 3 atom stereocenters. The van der Waals surface area contributed by atoms with Crippen LogP contribution in [0, 0.1) is 0 Å². The zero-order valence-electron chi connectivity index (χ0n) is 17.0. The molecule has 29 heavy (non-hydrogen) atoms. The smallest absolute Gasteiger partial charge is 0.330 e. The molecule has 0 N–H and O–H groups in total. The zero-order chi connectivity index (χ0) is 22.1. The van der Waals surface area contributed by atoms with Gasteiger partial charge < -0.3 is 28.4 Å². The first-order valence-electron chi connectivity index (χ1n) is 9.04. The van der Waals surface area contributed by atoms with Crippen molar-refractivity contribution in [3.8, 4) is 0 Å². The van der Waals surface area contributed by atoms with E-state index in [1.807, 2.05) is 0 Å². The lowest BCUT2D eigenvalue weighted by atomic mass is 10.3. The largest absolute Gasteiger partial charge is 0.460 e. The van der Waals surface area contributed by atoms with Gasteiger partial charge in [-0.25, -0.2) is 14.4 Å². The molecule has 0 aliphatic rings. The Morgan fingerprint density at radius 2 is 1.24 bits per heavy atom. The summed E-state index contributed by atoms with van der Waals surface area (Å²) in [6.07, 6.45) is 1.75. The van der Waals surface area contributed by atoms with Gasteiger partial charge in [-0.3, -0.25) is 0 Å². The SMILES string of the molecule is C=CC(=O)OCCOCC(COCC(C)OC(=O)C=C)OCC(C)OC(=O)C=C. The Labute approximate surface area is 171 Å². The summed E-state index contributed by atoms with van der Waals surface area (Å²) in [6.45, 7) is 14.1. The molecular weight excluding hydrogens is 384 g/mol. The average Bonchev–Trinajstić information content (AvgIpc) is 2.70. The van der Waals surface area contributed by atoms with Gasteiger partial charge in [0.2, 0.25) is 0 Å². The van der Waals surface area contributed by atoms with Crippen molar-refractivity contribution in [1.29, 1.82) is 0 Å². The number of ether oxygens (including phenoxy) is 6. The number of rotatable bonds is 17. The van der Waals surface area contributed by atoms with Crippen LogP contribution in [0.5, 0.6) is 0 Å². The Balaban J connectivity index is 4.38. The molecular formula is C20H30O9. The minimum absolute atomic E-state index is 0.0698. The number of carbonyl (C=O) groups excluding carboxylic acids is 3. The van der Waals surface area contributed by atoms with Gasteiger partial charge in [0.05, 0.1) is 33.0 Å². The maximum atomic E-state index is 11.2. The second-order valence-corrected chi connectivity index (χ2v) is 5.84. The van der Waals surface area contributed by atoms with Crippen molar-refractivity contribution in [2.24, 2.45) is 0 Å². The summed E-state index contributed by atoms with van der Waals surface area (Å²) < 4.78 is 31.5. The van der Waals surface area contributed by atoms with Gasteiger partial charge in [0.15, 0.2) is 0 Å². The van der Waals surface area contributed by atoms with Crippen LogP contribution in [0.4, 0.5) is 0 Å². The number of hydrogen-bond donors (Lipinski definition) is 0. The highest BCUT2D eigenvalue weighted by Gasteiger charge is 2.16. The molecule has 0 aromatic rings. The number of hydrogen-bond acceptors (Lipinski definition) is 9. The number of carbonyl (C=O) groups is 3. The van der Waals surface area contributed by atoms with E-state index in [0.717, 1.165) is 18.2 Å². The van der Waals surface area contributed by atoms with Crippen molar-refractivity contribution in [2.45, 2.75) is 32.2 Å². The molecule has 0 aliphatic heterocycles. The van der Waals surface area contributed by atoms with Crippen molar-refractivity contribution in [3.63, 3.8) is 0 Å². The second-order valence-electron chi connectivity index (χ2n) is 5.84. The summed E-state index contributed by atoms with van der Waals surface area (Å²) in [7, 11) is 0. The van der Waals surface area contributed by atoms with Crippen LogP contribution in [0.2, 0.25) is 0 Å². The van der Waals surface area contributed by atoms with Crippen LogP contribution in [0.15, 0.2) is 38.0 Å². The molecule has 0 aromatic heterocycles. The highest BCUT2D eigenvalue weighted by Crippen LogP contribution is 2.02. The summed E-state index contributed by atoms with van der Waals surface area (Å²) in [5.41, 5.74) is 0. The molecule has 0 fully saturated rings. The van der Waals surface area contributed by atoms with E-state index in [1.165, 1.54) is 0 Å². The van der Waals surface area contributed by atoms with Crippen LogP contribution in [0.25, 0.3) is 0 Å². The van der Waals surface area contributed by atoms with Crippen molar-refractivity contribution >= 4 is 17.9 Å². The van der Waals surface area contributed by atoms with E-state index in [0.29, 0.717) is 0 Å². The summed E-state index contributed by atoms with van der Waals surface area (Å²) in [4.78, 5) is 33.3. The first kappa shape index (κ1) is 26.5. The summed E-state index contributed by atoms with van der Waals surface area (Å²) in [5, 5.41) is 0. The fourth-order valence-electron chi connectivity index (χ4n) is 1.82. The molecule has 3 unspecified atom stereocenters. The quantitative estimate of drug-likeness (QED) is 0.151. The summed E-state index contributed by atoms with van der Waals surface area (Å²) in [6, 6.07) is 0. The fraction of sp³-hybridized carbons (Fsp3) is 0.550. The molecule has 0 aromatic carbocycles. The lowest BCUT2D eigenvalue weighted by Crippen LogP contribution is -2.32. The maximum Gasteiger partial charge on any atom is 0.330 e. The third-order valence-electron chi connectivity index (χ3n) is 3.13. The molecule has 0 amide bonds. The monoisotopic (exact) mass is 414 g/mol. The number of esters is 3. The fourth-order valence-corrected chi connectivity index (χ4v) is 1.82. The average molecular weight is 414 g/mol. The van der Waals surface area contributed by atoms with Crippen LogP contribution in [0.1, 0.15) is 13.8 Å². The minimum atomic E-state index is -0.549. The Hall–Kier alpha value is -2.49. The van der Waals surface area contributed by atoms with Crippen LogP contribution in [0.3, 0.4) is 0 Å². The molecule has 164 valence electrons. The summed E-state index contributed by atoms with van der Waals surface area (Å²) >= 11 is 0. The van der Waals surface area contributed by atoms with Crippen LogP contribution >= 0.6 is 0 Å². The molecule has 0 bridgehead atoms. The van der Waals surface area contributed by atoms with Crippen LogP contribution in [-0.2, 0) is 42.8 Å². The van der Waals surface area contributed by atoms with E-state index in [4.69, 9.17) is 28.4 Å². The molecule has 0 saturated heterocycles. The predicted molar refractivity (Wildman–Crippen MR) is 104 cm³/mol. The Morgan fingerprint density at radius 1 is 0.724 bits per heavy atom. The molecule has 0 spiro atoms. The van der Waals surface area contributed by atoms with Crippen LogP contribution in [-0.4, -0.2) is 75.9 Å². The topological polar surface area (TPSA) is 107 Å². The van der Waals surface area contributed by atoms with Crippen molar-refractivity contribution < 1.29 is 42.8 Å². The zero-order valence-corrected chi connectivity index (χ0v) is 17.0. The molecule has 0 saturated carbocycles. The van der Waals surface area contributed by atoms with Crippen molar-refractivity contribution in [1.82, 2.24) is 0 Å². The highest BCUT2D eigenvalue weighted by molar-refractivity contribution is 5.81. The van der Waals surface area contributed by atoms with E-state index in [2.05, 4.69) is 19.7 Å². The standard InChI is InChI=1S/C20H30O9/c1-6-18(21)26-10-9-24-13-17(27-12-16(5)29-20(23)8-3)14-25-11-15(4)28-19(22)7-2/h6-8,15-17H,1-3,9-14H2,4-5H3. The van der Waals surface area contributed by atoms with Gasteiger partial charge in [-0.1, -0.05) is 19.7 Å². The lowest BCUT2D eigenvalue weighted by molar-refractivity contribution is -0.152. The first-order valence-corrected chi connectivity index (χ1v) is 9.04.